The molecule has 6 heteroatoms. The maximum Gasteiger partial charge on any atom is 0.340 e. The van der Waals surface area contributed by atoms with Crippen LogP contribution in [0, 0.1) is 0 Å². The molecule has 0 atom stereocenters. The number of carbonyl (C=O) groups is 1. The Morgan fingerprint density at radius 2 is 2.21 bits per heavy atom. The summed E-state index contributed by atoms with van der Waals surface area (Å²) in [4.78, 5) is 28.1. The summed E-state index contributed by atoms with van der Waals surface area (Å²) in [6.07, 6.45) is 2.97. The zero-order valence-electron chi connectivity index (χ0n) is 10.8. The van der Waals surface area contributed by atoms with Crippen LogP contribution < -0.4 is 11.3 Å². The maximum atomic E-state index is 12.2. The summed E-state index contributed by atoms with van der Waals surface area (Å²) in [7, 11) is 0. The van der Waals surface area contributed by atoms with Gasteiger partial charge in [0.2, 0.25) is 0 Å². The number of fused-ring (bicyclic) bond motifs is 1. The van der Waals surface area contributed by atoms with Gasteiger partial charge in [-0.15, -0.1) is 0 Å². The summed E-state index contributed by atoms with van der Waals surface area (Å²) < 4.78 is 6.42. The molecule has 2 N–H and O–H groups in total. The molecule has 100 valence electrons. The highest BCUT2D eigenvalue weighted by atomic mass is 16.5. The molecule has 0 unspecified atom stereocenters. The predicted molar refractivity (Wildman–Crippen MR) is 72.0 cm³/mol. The SMILES string of the molecule is CCOC(=O)c1cn(CC)c(=O)c2c(N)nccc12. The van der Waals surface area contributed by atoms with Crippen LogP contribution in [0.15, 0.2) is 23.3 Å². The molecule has 2 aromatic rings. The van der Waals surface area contributed by atoms with Crippen molar-refractivity contribution in [1.29, 1.82) is 0 Å². The van der Waals surface area contributed by atoms with Crippen molar-refractivity contribution in [2.45, 2.75) is 20.4 Å². The molecule has 0 fully saturated rings. The Bertz CT molecular complexity index is 691. The van der Waals surface area contributed by atoms with E-state index in [4.69, 9.17) is 10.5 Å². The van der Waals surface area contributed by atoms with E-state index in [0.29, 0.717) is 17.5 Å². The lowest BCUT2D eigenvalue weighted by molar-refractivity contribution is 0.0527. The van der Waals surface area contributed by atoms with Crippen LogP contribution in [-0.2, 0) is 11.3 Å². The number of aryl methyl sites for hydroxylation is 1. The van der Waals surface area contributed by atoms with Crippen molar-refractivity contribution in [2.24, 2.45) is 0 Å². The van der Waals surface area contributed by atoms with Gasteiger partial charge in [-0.25, -0.2) is 9.78 Å². The number of hydrogen-bond acceptors (Lipinski definition) is 5. The number of esters is 1. The second-order valence-corrected chi connectivity index (χ2v) is 3.97. The van der Waals surface area contributed by atoms with Crippen LogP contribution in [0.5, 0.6) is 0 Å². The average Bonchev–Trinajstić information content (AvgIpc) is 2.39. The zero-order chi connectivity index (χ0) is 14.0. The summed E-state index contributed by atoms with van der Waals surface area (Å²) in [5, 5.41) is 0.732. The number of nitrogens with two attached hydrogens (primary N) is 1. The van der Waals surface area contributed by atoms with Gasteiger partial charge in [-0.05, 0) is 19.9 Å². The molecule has 0 aromatic carbocycles. The van der Waals surface area contributed by atoms with Crippen molar-refractivity contribution in [3.63, 3.8) is 0 Å². The van der Waals surface area contributed by atoms with Gasteiger partial charge in [0.25, 0.3) is 5.56 Å². The van der Waals surface area contributed by atoms with Gasteiger partial charge in [0, 0.05) is 24.3 Å². The Labute approximate surface area is 109 Å². The van der Waals surface area contributed by atoms with E-state index in [2.05, 4.69) is 4.98 Å². The van der Waals surface area contributed by atoms with Gasteiger partial charge in [-0.3, -0.25) is 4.79 Å². The quantitative estimate of drug-likeness (QED) is 0.838. The number of carbonyl (C=O) groups excluding carboxylic acids is 1. The summed E-state index contributed by atoms with van der Waals surface area (Å²) in [6, 6.07) is 1.60. The molecule has 0 aliphatic rings. The number of hydrogen-bond donors (Lipinski definition) is 1. The van der Waals surface area contributed by atoms with Gasteiger partial charge >= 0.3 is 5.97 Å². The smallest absolute Gasteiger partial charge is 0.340 e. The largest absolute Gasteiger partial charge is 0.462 e. The second kappa shape index (κ2) is 5.09. The van der Waals surface area contributed by atoms with Crippen molar-refractivity contribution >= 4 is 22.6 Å². The van der Waals surface area contributed by atoms with Gasteiger partial charge in [-0.2, -0.15) is 0 Å². The molecule has 2 rings (SSSR count). The number of ether oxygens (including phenoxy) is 1. The van der Waals surface area contributed by atoms with E-state index < -0.39 is 5.97 Å². The molecule has 2 aromatic heterocycles. The number of aromatic nitrogens is 2. The Hall–Kier alpha value is -2.37. The summed E-state index contributed by atoms with van der Waals surface area (Å²) >= 11 is 0. The van der Waals surface area contributed by atoms with Crippen molar-refractivity contribution in [1.82, 2.24) is 9.55 Å². The highest BCUT2D eigenvalue weighted by molar-refractivity contribution is 6.06. The predicted octanol–water partition coefficient (Wildman–Crippen LogP) is 1.18. The zero-order valence-corrected chi connectivity index (χ0v) is 10.8. The Kier molecular flexibility index (Phi) is 3.50. The van der Waals surface area contributed by atoms with E-state index in [1.165, 1.54) is 17.0 Å². The number of pyridine rings is 2. The fourth-order valence-corrected chi connectivity index (χ4v) is 1.96. The maximum absolute atomic E-state index is 12.2. The Morgan fingerprint density at radius 1 is 1.47 bits per heavy atom. The van der Waals surface area contributed by atoms with E-state index in [0.717, 1.165) is 0 Å². The first-order valence-corrected chi connectivity index (χ1v) is 6.04. The average molecular weight is 261 g/mol. The summed E-state index contributed by atoms with van der Waals surface area (Å²) in [6.45, 7) is 4.25. The summed E-state index contributed by atoms with van der Waals surface area (Å²) in [5.74, 6) is -0.351. The fraction of sp³-hybridized carbons (Fsp3) is 0.308. The van der Waals surface area contributed by atoms with Crippen molar-refractivity contribution in [3.8, 4) is 0 Å². The number of nitrogen functional groups attached to an aromatic ring is 1. The highest BCUT2D eigenvalue weighted by Crippen LogP contribution is 2.19. The molecule has 0 saturated heterocycles. The minimum atomic E-state index is -0.472. The molecule has 0 radical (unpaired) electrons. The van der Waals surface area contributed by atoms with Crippen LogP contribution >= 0.6 is 0 Å². The minimum absolute atomic E-state index is 0.121. The van der Waals surface area contributed by atoms with E-state index >= 15 is 0 Å². The first kappa shape index (κ1) is 13.1. The number of nitrogens with zero attached hydrogens (tertiary/aromatic N) is 2. The van der Waals surface area contributed by atoms with E-state index in [9.17, 15) is 9.59 Å². The molecular formula is C13H15N3O3. The Morgan fingerprint density at radius 3 is 2.84 bits per heavy atom. The molecule has 0 amide bonds. The molecule has 0 saturated carbocycles. The molecule has 0 bridgehead atoms. The lowest BCUT2D eigenvalue weighted by Gasteiger charge is -2.10. The molecule has 0 spiro atoms. The van der Waals surface area contributed by atoms with Gasteiger partial charge in [0.1, 0.15) is 5.82 Å². The van der Waals surface area contributed by atoms with Crippen molar-refractivity contribution in [3.05, 3.63) is 34.4 Å². The van der Waals surface area contributed by atoms with Gasteiger partial charge in [0.15, 0.2) is 0 Å². The minimum Gasteiger partial charge on any atom is -0.462 e. The lowest BCUT2D eigenvalue weighted by atomic mass is 10.1. The first-order valence-electron chi connectivity index (χ1n) is 6.04. The standard InChI is InChI=1S/C13H15N3O3/c1-3-16-7-9(13(18)19-4-2)8-5-6-15-11(14)10(8)12(16)17/h5-7H,3-4H2,1-2H3,(H2,14,15). The van der Waals surface area contributed by atoms with Gasteiger partial charge < -0.3 is 15.0 Å². The normalized spacial score (nSPS) is 10.6. The van der Waals surface area contributed by atoms with E-state index in [1.54, 1.807) is 13.0 Å². The molecule has 0 aliphatic carbocycles. The van der Waals surface area contributed by atoms with Crippen LogP contribution in [0.3, 0.4) is 0 Å². The molecule has 19 heavy (non-hydrogen) atoms. The molecular weight excluding hydrogens is 246 g/mol. The number of anilines is 1. The molecule has 6 nitrogen and oxygen atoms in total. The molecule has 0 aliphatic heterocycles. The number of rotatable bonds is 3. The van der Waals surface area contributed by atoms with Crippen LogP contribution in [0.2, 0.25) is 0 Å². The summed E-state index contributed by atoms with van der Waals surface area (Å²) in [5.41, 5.74) is 5.82. The van der Waals surface area contributed by atoms with Crippen LogP contribution in [0.1, 0.15) is 24.2 Å². The lowest BCUT2D eigenvalue weighted by Crippen LogP contribution is -2.23. The third-order valence-electron chi connectivity index (χ3n) is 2.87. The topological polar surface area (TPSA) is 87.2 Å². The third kappa shape index (κ3) is 2.16. The monoisotopic (exact) mass is 261 g/mol. The fourth-order valence-electron chi connectivity index (χ4n) is 1.96. The first-order chi connectivity index (χ1) is 9.10. The molecule has 2 heterocycles. The van der Waals surface area contributed by atoms with Gasteiger partial charge in [0.05, 0.1) is 17.6 Å². The van der Waals surface area contributed by atoms with Crippen LogP contribution in [0.25, 0.3) is 10.8 Å². The second-order valence-electron chi connectivity index (χ2n) is 3.97. The van der Waals surface area contributed by atoms with Crippen LogP contribution in [-0.4, -0.2) is 22.1 Å². The highest BCUT2D eigenvalue weighted by Gasteiger charge is 2.17. The van der Waals surface area contributed by atoms with Crippen molar-refractivity contribution in [2.75, 3.05) is 12.3 Å². The Balaban J connectivity index is 2.84. The van der Waals surface area contributed by atoms with Crippen molar-refractivity contribution < 1.29 is 9.53 Å². The van der Waals surface area contributed by atoms with E-state index in [-0.39, 0.29) is 23.4 Å². The van der Waals surface area contributed by atoms with E-state index in [1.807, 2.05) is 6.92 Å². The third-order valence-corrected chi connectivity index (χ3v) is 2.87. The van der Waals surface area contributed by atoms with Gasteiger partial charge in [-0.1, -0.05) is 0 Å². The van der Waals surface area contributed by atoms with Crippen LogP contribution in [0.4, 0.5) is 5.82 Å².